The number of benzene rings is 2. The Morgan fingerprint density at radius 1 is 0.952 bits per heavy atom. The van der Waals surface area contributed by atoms with Crippen LogP contribution in [0.15, 0.2) is 60.8 Å². The largest absolute Gasteiger partial charge is 0.480 e. The van der Waals surface area contributed by atoms with Gasteiger partial charge in [-0.05, 0) is 62.3 Å². The molecule has 0 saturated carbocycles. The van der Waals surface area contributed by atoms with Crippen LogP contribution in [-0.4, -0.2) is 75.9 Å². The molecule has 4 unspecified atom stereocenters. The third-order valence-corrected chi connectivity index (χ3v) is 7.75. The van der Waals surface area contributed by atoms with Crippen LogP contribution in [0.4, 0.5) is 0 Å². The van der Waals surface area contributed by atoms with Crippen molar-refractivity contribution in [1.82, 2.24) is 20.5 Å². The molecule has 3 amide bonds. The van der Waals surface area contributed by atoms with E-state index in [1.54, 1.807) is 0 Å². The molecule has 8 N–H and O–H groups in total. The Kier molecular flexibility index (Phi) is 10.7. The first-order chi connectivity index (χ1) is 20.3. The van der Waals surface area contributed by atoms with Gasteiger partial charge < -0.3 is 37.1 Å². The first kappa shape index (κ1) is 30.7. The Morgan fingerprint density at radius 2 is 1.67 bits per heavy atom. The average molecular weight is 577 g/mol. The van der Waals surface area contributed by atoms with Crippen LogP contribution in [0.1, 0.15) is 43.2 Å². The standard InChI is InChI=1S/C31H40N6O5/c32-15-7-6-13-25(35-28(38)23(33)18-21-19-34-24-12-5-4-11-22(21)24)29(39)36-26(17-20-9-2-1-3-10-20)30(40)37-16-8-14-27(37)31(41)42/h1-5,9-12,19,23,25-27,34H,6-8,13-18,32-33H2,(H,35,38)(H,36,39)(H,41,42). The van der Waals surface area contributed by atoms with Crippen molar-refractivity contribution in [2.75, 3.05) is 13.1 Å². The fraction of sp³-hybridized carbons (Fsp3) is 0.419. The average Bonchev–Trinajstić information content (AvgIpc) is 3.64. The molecule has 1 saturated heterocycles. The number of hydrogen-bond acceptors (Lipinski definition) is 6. The molecule has 4 rings (SSSR count). The number of amides is 3. The van der Waals surface area contributed by atoms with Gasteiger partial charge in [0, 0.05) is 30.1 Å². The molecule has 11 heteroatoms. The van der Waals surface area contributed by atoms with Crippen molar-refractivity contribution in [3.05, 3.63) is 71.9 Å². The SMILES string of the molecule is NCCCCC(NC(=O)C(N)Cc1c[nH]c2ccccc12)C(=O)NC(Cc1ccccc1)C(=O)N1CCCC1C(=O)O. The number of H-pyrrole nitrogens is 1. The van der Waals surface area contributed by atoms with E-state index in [9.17, 15) is 24.3 Å². The number of unbranched alkanes of at least 4 members (excludes halogenated alkanes) is 1. The van der Waals surface area contributed by atoms with Crippen LogP contribution in [0.5, 0.6) is 0 Å². The highest BCUT2D eigenvalue weighted by Gasteiger charge is 2.38. The van der Waals surface area contributed by atoms with Crippen LogP contribution in [0.3, 0.4) is 0 Å². The van der Waals surface area contributed by atoms with Crippen LogP contribution in [0, 0.1) is 0 Å². The van der Waals surface area contributed by atoms with Crippen LogP contribution < -0.4 is 22.1 Å². The minimum Gasteiger partial charge on any atom is -0.480 e. The second-order valence-electron chi connectivity index (χ2n) is 10.8. The minimum absolute atomic E-state index is 0.178. The van der Waals surface area contributed by atoms with Crippen molar-refractivity contribution in [3.63, 3.8) is 0 Å². The zero-order valence-electron chi connectivity index (χ0n) is 23.6. The Balaban J connectivity index is 1.49. The van der Waals surface area contributed by atoms with E-state index in [2.05, 4.69) is 15.6 Å². The van der Waals surface area contributed by atoms with Crippen molar-refractivity contribution in [1.29, 1.82) is 0 Å². The number of nitrogens with two attached hydrogens (primary N) is 2. The van der Waals surface area contributed by atoms with Gasteiger partial charge >= 0.3 is 5.97 Å². The molecule has 2 heterocycles. The monoisotopic (exact) mass is 576 g/mol. The summed E-state index contributed by atoms with van der Waals surface area (Å²) in [5.41, 5.74) is 14.6. The Labute approximate surface area is 245 Å². The topological polar surface area (TPSA) is 184 Å². The van der Waals surface area contributed by atoms with Gasteiger partial charge in [0.1, 0.15) is 18.1 Å². The summed E-state index contributed by atoms with van der Waals surface area (Å²) in [6.45, 7) is 0.735. The Morgan fingerprint density at radius 3 is 2.40 bits per heavy atom. The smallest absolute Gasteiger partial charge is 0.326 e. The van der Waals surface area contributed by atoms with Crippen molar-refractivity contribution in [2.24, 2.45) is 11.5 Å². The van der Waals surface area contributed by atoms with Gasteiger partial charge in [-0.1, -0.05) is 48.5 Å². The zero-order valence-corrected chi connectivity index (χ0v) is 23.6. The molecule has 0 aliphatic carbocycles. The summed E-state index contributed by atoms with van der Waals surface area (Å²) in [4.78, 5) is 56.7. The lowest BCUT2D eigenvalue weighted by molar-refractivity contribution is -0.149. The third-order valence-electron chi connectivity index (χ3n) is 7.75. The number of carboxylic acids is 1. The zero-order chi connectivity index (χ0) is 30.1. The number of rotatable bonds is 14. The molecule has 11 nitrogen and oxygen atoms in total. The summed E-state index contributed by atoms with van der Waals surface area (Å²) in [5, 5.41) is 16.2. The molecule has 0 spiro atoms. The van der Waals surface area contributed by atoms with E-state index in [0.717, 1.165) is 22.0 Å². The lowest BCUT2D eigenvalue weighted by Gasteiger charge is -2.29. The first-order valence-corrected chi connectivity index (χ1v) is 14.5. The second-order valence-corrected chi connectivity index (χ2v) is 10.8. The van der Waals surface area contributed by atoms with Gasteiger partial charge in [0.2, 0.25) is 17.7 Å². The van der Waals surface area contributed by atoms with Gasteiger partial charge in [0.15, 0.2) is 0 Å². The first-order valence-electron chi connectivity index (χ1n) is 14.5. The summed E-state index contributed by atoms with van der Waals surface area (Å²) < 4.78 is 0. The lowest BCUT2D eigenvalue weighted by Crippen LogP contribution is -2.57. The molecule has 224 valence electrons. The predicted octanol–water partition coefficient (Wildman–Crippen LogP) is 1.45. The number of likely N-dealkylation sites (tertiary alicyclic amines) is 1. The van der Waals surface area contributed by atoms with E-state index < -0.39 is 47.9 Å². The molecule has 42 heavy (non-hydrogen) atoms. The van der Waals surface area contributed by atoms with Crippen molar-refractivity contribution in [3.8, 4) is 0 Å². The van der Waals surface area contributed by atoms with Crippen LogP contribution in [0.2, 0.25) is 0 Å². The molecule has 2 aromatic carbocycles. The van der Waals surface area contributed by atoms with Gasteiger partial charge in [-0.25, -0.2) is 4.79 Å². The second kappa shape index (κ2) is 14.6. The van der Waals surface area contributed by atoms with Crippen LogP contribution in [0.25, 0.3) is 10.9 Å². The highest BCUT2D eigenvalue weighted by molar-refractivity contribution is 5.94. The van der Waals surface area contributed by atoms with E-state index in [1.165, 1.54) is 4.90 Å². The molecule has 1 aromatic heterocycles. The van der Waals surface area contributed by atoms with Gasteiger partial charge in [0.25, 0.3) is 0 Å². The fourth-order valence-electron chi connectivity index (χ4n) is 5.48. The van der Waals surface area contributed by atoms with Crippen molar-refractivity contribution >= 4 is 34.6 Å². The number of aliphatic carboxylic acids is 1. The summed E-state index contributed by atoms with van der Waals surface area (Å²) in [5.74, 6) is -2.54. The van der Waals surface area contributed by atoms with E-state index >= 15 is 0 Å². The van der Waals surface area contributed by atoms with E-state index in [4.69, 9.17) is 11.5 Å². The molecule has 1 aliphatic rings. The number of para-hydroxylation sites is 1. The maximum Gasteiger partial charge on any atom is 0.326 e. The van der Waals surface area contributed by atoms with Crippen LogP contribution in [-0.2, 0) is 32.0 Å². The number of aromatic amines is 1. The number of hydrogen-bond donors (Lipinski definition) is 6. The fourth-order valence-corrected chi connectivity index (χ4v) is 5.48. The molecular weight excluding hydrogens is 536 g/mol. The number of carbonyl (C=O) groups excluding carboxylic acids is 3. The maximum absolute atomic E-state index is 13.6. The number of nitrogens with zero attached hydrogens (tertiary/aromatic N) is 1. The molecular formula is C31H40N6O5. The summed E-state index contributed by atoms with van der Waals surface area (Å²) in [6, 6.07) is 13.1. The Bertz CT molecular complexity index is 1380. The quantitative estimate of drug-likeness (QED) is 0.157. The number of aromatic nitrogens is 1. The molecule has 4 atom stereocenters. The maximum atomic E-state index is 13.6. The number of fused-ring (bicyclic) bond motifs is 1. The van der Waals surface area contributed by atoms with E-state index in [0.29, 0.717) is 45.2 Å². The molecule has 3 aromatic rings. The summed E-state index contributed by atoms with van der Waals surface area (Å²) in [6.07, 6.45) is 4.75. The number of nitrogens with one attached hydrogen (secondary N) is 3. The summed E-state index contributed by atoms with van der Waals surface area (Å²) in [7, 11) is 0. The highest BCUT2D eigenvalue weighted by atomic mass is 16.4. The van der Waals surface area contributed by atoms with Gasteiger partial charge in [-0.2, -0.15) is 0 Å². The van der Waals surface area contributed by atoms with Gasteiger partial charge in [-0.3, -0.25) is 14.4 Å². The summed E-state index contributed by atoms with van der Waals surface area (Å²) >= 11 is 0. The number of carboxylic acid groups (broad SMARTS) is 1. The normalized spacial score (nSPS) is 17.0. The molecule has 1 fully saturated rings. The lowest BCUT2D eigenvalue weighted by atomic mass is 10.0. The van der Waals surface area contributed by atoms with E-state index in [-0.39, 0.29) is 12.8 Å². The molecule has 0 radical (unpaired) electrons. The van der Waals surface area contributed by atoms with Gasteiger partial charge in [0.05, 0.1) is 6.04 Å². The van der Waals surface area contributed by atoms with Crippen LogP contribution >= 0.6 is 0 Å². The van der Waals surface area contributed by atoms with Crippen molar-refractivity contribution < 1.29 is 24.3 Å². The minimum atomic E-state index is -1.07. The molecule has 0 bridgehead atoms. The Hall–Kier alpha value is -4.22. The number of carbonyl (C=O) groups is 4. The predicted molar refractivity (Wildman–Crippen MR) is 159 cm³/mol. The molecule has 1 aliphatic heterocycles. The van der Waals surface area contributed by atoms with Gasteiger partial charge in [-0.15, -0.1) is 0 Å². The van der Waals surface area contributed by atoms with Crippen molar-refractivity contribution in [2.45, 2.75) is 69.1 Å². The van der Waals surface area contributed by atoms with E-state index in [1.807, 2.05) is 60.8 Å². The third kappa shape index (κ3) is 7.74. The highest BCUT2D eigenvalue weighted by Crippen LogP contribution is 2.21.